The van der Waals surface area contributed by atoms with Crippen molar-refractivity contribution >= 4 is 17.5 Å². The zero-order valence-electron chi connectivity index (χ0n) is 18.7. The Morgan fingerprint density at radius 1 is 1.09 bits per heavy atom. The van der Waals surface area contributed by atoms with Crippen molar-refractivity contribution in [2.24, 2.45) is 11.3 Å². The van der Waals surface area contributed by atoms with Gasteiger partial charge in [-0.2, -0.15) is 5.26 Å². The first kappa shape index (κ1) is 21.8. The molecule has 1 saturated heterocycles. The number of nitriles is 1. The monoisotopic (exact) mass is 432 g/mol. The number of hydrogen-bond acceptors (Lipinski definition) is 4. The fraction of sp³-hybridized carbons (Fsp3) is 0.440. The number of nitrogens with one attached hydrogen (secondary N) is 1. The number of hydrogen-bond donors (Lipinski definition) is 1. The van der Waals surface area contributed by atoms with Gasteiger partial charge in [-0.15, -0.1) is 0 Å². The van der Waals surface area contributed by atoms with E-state index in [1.807, 2.05) is 17.0 Å². The van der Waals surface area contributed by atoms with Crippen LogP contribution in [0, 0.1) is 22.7 Å². The molecule has 3 heterocycles. The summed E-state index contributed by atoms with van der Waals surface area (Å²) in [6.45, 7) is 8.04. The van der Waals surface area contributed by atoms with Gasteiger partial charge in [-0.25, -0.2) is 0 Å². The molecule has 166 valence electrons. The number of amides is 2. The fourth-order valence-corrected chi connectivity index (χ4v) is 4.70. The Hall–Kier alpha value is -3.40. The predicted molar refractivity (Wildman–Crippen MR) is 121 cm³/mol. The quantitative estimate of drug-likeness (QED) is 0.805. The summed E-state index contributed by atoms with van der Waals surface area (Å²) in [6.07, 6.45) is 1.48. The lowest BCUT2D eigenvalue weighted by Gasteiger charge is -2.43. The van der Waals surface area contributed by atoms with Crippen molar-refractivity contribution in [1.29, 1.82) is 5.26 Å². The number of carbonyl (C=O) groups excluding carboxylic acids is 2. The first-order valence-corrected chi connectivity index (χ1v) is 11.0. The average Bonchev–Trinajstić information content (AvgIpc) is 2.74. The molecule has 1 N–H and O–H groups in total. The number of aromatic nitrogens is 1. The zero-order chi connectivity index (χ0) is 23.0. The van der Waals surface area contributed by atoms with Gasteiger partial charge in [-0.3, -0.25) is 14.4 Å². The van der Waals surface area contributed by atoms with Crippen LogP contribution in [0.5, 0.6) is 0 Å². The van der Waals surface area contributed by atoms with Gasteiger partial charge in [-0.1, -0.05) is 20.8 Å². The van der Waals surface area contributed by atoms with Gasteiger partial charge in [0.15, 0.2) is 0 Å². The highest BCUT2D eigenvalue weighted by atomic mass is 16.2. The van der Waals surface area contributed by atoms with Crippen LogP contribution in [-0.2, 0) is 11.3 Å². The molecule has 0 spiro atoms. The van der Waals surface area contributed by atoms with Gasteiger partial charge in [0.1, 0.15) is 5.69 Å². The molecule has 7 nitrogen and oxygen atoms in total. The third-order valence-corrected chi connectivity index (χ3v) is 6.16. The van der Waals surface area contributed by atoms with Crippen LogP contribution in [0.4, 0.5) is 5.69 Å². The average molecular weight is 433 g/mol. The fourth-order valence-electron chi connectivity index (χ4n) is 4.70. The first-order valence-electron chi connectivity index (χ1n) is 11.0. The van der Waals surface area contributed by atoms with Crippen molar-refractivity contribution in [3.8, 4) is 6.07 Å². The Morgan fingerprint density at radius 2 is 1.81 bits per heavy atom. The van der Waals surface area contributed by atoms with Crippen LogP contribution in [0.1, 0.15) is 61.1 Å². The van der Waals surface area contributed by atoms with Gasteiger partial charge in [0, 0.05) is 43.2 Å². The van der Waals surface area contributed by atoms with E-state index in [9.17, 15) is 14.4 Å². The second-order valence-corrected chi connectivity index (χ2v) is 10.1. The van der Waals surface area contributed by atoms with E-state index in [-0.39, 0.29) is 40.3 Å². The summed E-state index contributed by atoms with van der Waals surface area (Å²) in [5.41, 5.74) is 1.75. The summed E-state index contributed by atoms with van der Waals surface area (Å²) in [6, 6.07) is 11.9. The standard InChI is InChI=1S/C25H28N4O3/c1-25(2,3)11-22(30)28-13-17-10-19(15-28)21-9-8-20(24(32)29(21)14-17)27-23(31)18-6-4-16(12-26)5-7-18/h4-9,17,19H,10-11,13-15H2,1-3H3,(H,27,31). The topological polar surface area (TPSA) is 95.2 Å². The second kappa shape index (κ2) is 8.27. The summed E-state index contributed by atoms with van der Waals surface area (Å²) in [5, 5.41) is 11.6. The molecule has 1 aromatic heterocycles. The van der Waals surface area contributed by atoms with Crippen molar-refractivity contribution in [2.45, 2.75) is 46.1 Å². The van der Waals surface area contributed by atoms with Crippen molar-refractivity contribution in [2.75, 3.05) is 18.4 Å². The van der Waals surface area contributed by atoms with Crippen molar-refractivity contribution in [3.05, 3.63) is 63.6 Å². The van der Waals surface area contributed by atoms with E-state index in [0.717, 1.165) is 12.1 Å². The number of anilines is 1. The van der Waals surface area contributed by atoms with Crippen LogP contribution >= 0.6 is 0 Å². The molecule has 2 bridgehead atoms. The number of carbonyl (C=O) groups is 2. The second-order valence-electron chi connectivity index (χ2n) is 10.1. The summed E-state index contributed by atoms with van der Waals surface area (Å²) in [5.74, 6) is 0.145. The molecule has 2 amide bonds. The highest BCUT2D eigenvalue weighted by Crippen LogP contribution is 2.36. The van der Waals surface area contributed by atoms with E-state index in [1.54, 1.807) is 34.9 Å². The number of benzene rings is 1. The SMILES string of the molecule is CC(C)(C)CC(=O)N1CC2CC(C1)c1ccc(NC(=O)c3ccc(C#N)cc3)c(=O)n1C2. The van der Waals surface area contributed by atoms with E-state index < -0.39 is 0 Å². The molecule has 7 heteroatoms. The van der Waals surface area contributed by atoms with Gasteiger partial charge in [0.05, 0.1) is 11.6 Å². The molecule has 2 unspecified atom stereocenters. The van der Waals surface area contributed by atoms with E-state index in [0.29, 0.717) is 37.2 Å². The van der Waals surface area contributed by atoms with Gasteiger partial charge >= 0.3 is 0 Å². The van der Waals surface area contributed by atoms with Gasteiger partial charge in [-0.05, 0) is 54.2 Å². The highest BCUT2D eigenvalue weighted by molar-refractivity contribution is 6.04. The normalized spacial score (nSPS) is 19.6. The summed E-state index contributed by atoms with van der Waals surface area (Å²) in [4.78, 5) is 40.4. The molecule has 0 radical (unpaired) electrons. The Kier molecular flexibility index (Phi) is 5.64. The third-order valence-electron chi connectivity index (χ3n) is 6.16. The van der Waals surface area contributed by atoms with Crippen LogP contribution < -0.4 is 10.9 Å². The maximum atomic E-state index is 13.1. The van der Waals surface area contributed by atoms with Gasteiger partial charge < -0.3 is 14.8 Å². The maximum Gasteiger partial charge on any atom is 0.274 e. The molecule has 2 aromatic rings. The molecule has 2 atom stereocenters. The molecule has 2 aliphatic rings. The van der Waals surface area contributed by atoms with Crippen LogP contribution in [0.2, 0.25) is 0 Å². The number of rotatable bonds is 3. The largest absolute Gasteiger partial charge is 0.342 e. The number of pyridine rings is 1. The Bertz CT molecular complexity index is 1150. The van der Waals surface area contributed by atoms with E-state index >= 15 is 0 Å². The van der Waals surface area contributed by atoms with Crippen molar-refractivity contribution in [3.63, 3.8) is 0 Å². The van der Waals surface area contributed by atoms with Crippen LogP contribution in [-0.4, -0.2) is 34.4 Å². The summed E-state index contributed by atoms with van der Waals surface area (Å²) >= 11 is 0. The minimum absolute atomic E-state index is 0.0550. The number of likely N-dealkylation sites (tertiary alicyclic amines) is 1. The molecule has 0 saturated carbocycles. The maximum absolute atomic E-state index is 13.1. The molecule has 0 aliphatic carbocycles. The van der Waals surface area contributed by atoms with Crippen LogP contribution in [0.25, 0.3) is 0 Å². The summed E-state index contributed by atoms with van der Waals surface area (Å²) < 4.78 is 1.76. The van der Waals surface area contributed by atoms with Crippen molar-refractivity contribution < 1.29 is 9.59 Å². The minimum atomic E-state index is -0.387. The molecule has 1 fully saturated rings. The number of nitrogens with zero attached hydrogens (tertiary/aromatic N) is 3. The molecule has 1 aromatic carbocycles. The minimum Gasteiger partial charge on any atom is -0.342 e. The highest BCUT2D eigenvalue weighted by Gasteiger charge is 2.37. The Morgan fingerprint density at radius 3 is 2.47 bits per heavy atom. The van der Waals surface area contributed by atoms with Crippen LogP contribution in [0.3, 0.4) is 0 Å². The third kappa shape index (κ3) is 4.45. The molecule has 32 heavy (non-hydrogen) atoms. The van der Waals surface area contributed by atoms with Crippen LogP contribution in [0.15, 0.2) is 41.2 Å². The predicted octanol–water partition coefficient (Wildman–Crippen LogP) is 3.35. The van der Waals surface area contributed by atoms with E-state index in [1.165, 1.54) is 0 Å². The Labute approximate surface area is 187 Å². The number of piperidine rings is 1. The molecule has 4 rings (SSSR count). The van der Waals surface area contributed by atoms with E-state index in [4.69, 9.17) is 5.26 Å². The summed E-state index contributed by atoms with van der Waals surface area (Å²) in [7, 11) is 0. The lowest BCUT2D eigenvalue weighted by molar-refractivity contribution is -0.135. The van der Waals surface area contributed by atoms with Gasteiger partial charge in [0.25, 0.3) is 11.5 Å². The molecule has 2 aliphatic heterocycles. The van der Waals surface area contributed by atoms with Crippen molar-refractivity contribution in [1.82, 2.24) is 9.47 Å². The first-order chi connectivity index (χ1) is 15.1. The lowest BCUT2D eigenvalue weighted by atomic mass is 9.82. The zero-order valence-corrected chi connectivity index (χ0v) is 18.7. The lowest BCUT2D eigenvalue weighted by Crippen LogP contribution is -2.49. The Balaban J connectivity index is 1.53. The molecular weight excluding hydrogens is 404 g/mol. The van der Waals surface area contributed by atoms with E-state index in [2.05, 4.69) is 26.1 Å². The van der Waals surface area contributed by atoms with Gasteiger partial charge in [0.2, 0.25) is 5.91 Å². The molecular formula is C25H28N4O3. The number of fused-ring (bicyclic) bond motifs is 4. The smallest absolute Gasteiger partial charge is 0.274 e.